The van der Waals surface area contributed by atoms with Crippen LogP contribution >= 0.6 is 0 Å². The molecule has 1 aliphatic rings. The number of hydrogen-bond acceptors (Lipinski definition) is 6. The third kappa shape index (κ3) is 2.57. The first-order valence-corrected chi connectivity index (χ1v) is 6.76. The number of nitrogens with one attached hydrogen (secondary N) is 1. The van der Waals surface area contributed by atoms with E-state index in [1.54, 1.807) is 4.68 Å². The van der Waals surface area contributed by atoms with Crippen LogP contribution in [0.25, 0.3) is 5.69 Å². The summed E-state index contributed by atoms with van der Waals surface area (Å²) in [6, 6.07) is 5.70. The van der Waals surface area contributed by atoms with Gasteiger partial charge in [0.2, 0.25) is 0 Å². The minimum absolute atomic E-state index is 0.566. The first kappa shape index (κ1) is 12.9. The van der Waals surface area contributed by atoms with Crippen LogP contribution < -0.4 is 14.8 Å². The average Bonchev–Trinajstić information content (AvgIpc) is 2.95. The lowest BCUT2D eigenvalue weighted by atomic mass is 10.2. The molecule has 0 saturated carbocycles. The molecule has 0 atom stereocenters. The van der Waals surface area contributed by atoms with E-state index in [4.69, 9.17) is 9.47 Å². The summed E-state index contributed by atoms with van der Waals surface area (Å²) in [5.41, 5.74) is 0.868. The van der Waals surface area contributed by atoms with Crippen molar-refractivity contribution in [2.75, 3.05) is 19.8 Å². The maximum Gasteiger partial charge on any atom is 0.170 e. The first-order valence-electron chi connectivity index (χ1n) is 6.76. The third-order valence-corrected chi connectivity index (χ3v) is 3.01. The van der Waals surface area contributed by atoms with Gasteiger partial charge in [0.05, 0.1) is 12.2 Å². The second kappa shape index (κ2) is 5.87. The Labute approximate surface area is 116 Å². The van der Waals surface area contributed by atoms with Crippen molar-refractivity contribution in [3.8, 4) is 17.2 Å². The molecule has 3 rings (SSSR count). The predicted molar refractivity (Wildman–Crippen MR) is 72.1 cm³/mol. The first-order chi connectivity index (χ1) is 9.88. The summed E-state index contributed by atoms with van der Waals surface area (Å²) in [4.78, 5) is 0. The van der Waals surface area contributed by atoms with Crippen LogP contribution in [0.2, 0.25) is 0 Å². The largest absolute Gasteiger partial charge is 0.486 e. The van der Waals surface area contributed by atoms with Gasteiger partial charge in [-0.3, -0.25) is 0 Å². The number of ether oxygens (including phenoxy) is 2. The van der Waals surface area contributed by atoms with Crippen molar-refractivity contribution < 1.29 is 9.47 Å². The molecule has 1 N–H and O–H groups in total. The van der Waals surface area contributed by atoms with E-state index in [-0.39, 0.29) is 0 Å². The second-order valence-electron chi connectivity index (χ2n) is 4.51. The Hall–Kier alpha value is -2.15. The Kier molecular flexibility index (Phi) is 3.78. The summed E-state index contributed by atoms with van der Waals surface area (Å²) < 4.78 is 12.8. The predicted octanol–water partition coefficient (Wildman–Crippen LogP) is 0.933. The van der Waals surface area contributed by atoms with Gasteiger partial charge in [0, 0.05) is 6.07 Å². The molecule has 20 heavy (non-hydrogen) atoms. The van der Waals surface area contributed by atoms with Crippen LogP contribution in [0.15, 0.2) is 18.2 Å². The van der Waals surface area contributed by atoms with Crippen LogP contribution in [-0.4, -0.2) is 40.0 Å². The molecule has 0 unspecified atom stereocenters. The molecular weight excluding hydrogens is 258 g/mol. The molecule has 2 aromatic rings. The quantitative estimate of drug-likeness (QED) is 0.818. The standard InChI is InChI=1S/C13H17N5O2/c1-2-5-14-9-13-15-16-17-18(13)10-3-4-11-12(8-10)20-7-6-19-11/h3-4,8,14H,2,5-7,9H2,1H3. The van der Waals surface area contributed by atoms with Gasteiger partial charge in [0.25, 0.3) is 0 Å². The molecule has 0 spiro atoms. The van der Waals surface area contributed by atoms with Crippen LogP contribution in [0.1, 0.15) is 19.2 Å². The number of tetrazole rings is 1. The SMILES string of the molecule is CCCNCc1nnnn1-c1ccc2c(c1)OCCO2. The second-order valence-corrected chi connectivity index (χ2v) is 4.51. The Morgan fingerprint density at radius 2 is 2.10 bits per heavy atom. The molecule has 0 bridgehead atoms. The van der Waals surface area contributed by atoms with Crippen molar-refractivity contribution in [1.29, 1.82) is 0 Å². The molecule has 2 heterocycles. The van der Waals surface area contributed by atoms with E-state index >= 15 is 0 Å². The van der Waals surface area contributed by atoms with Crippen LogP contribution in [0.4, 0.5) is 0 Å². The molecule has 1 aromatic heterocycles. The molecule has 7 heteroatoms. The number of fused-ring (bicyclic) bond motifs is 1. The van der Waals surface area contributed by atoms with E-state index in [1.165, 1.54) is 0 Å². The number of nitrogens with zero attached hydrogens (tertiary/aromatic N) is 4. The highest BCUT2D eigenvalue weighted by Crippen LogP contribution is 2.31. The van der Waals surface area contributed by atoms with Crippen molar-refractivity contribution in [2.45, 2.75) is 19.9 Å². The van der Waals surface area contributed by atoms with Gasteiger partial charge in [0.15, 0.2) is 17.3 Å². The Balaban J connectivity index is 1.84. The minimum atomic E-state index is 0.566. The smallest absolute Gasteiger partial charge is 0.170 e. The van der Waals surface area contributed by atoms with E-state index in [2.05, 4.69) is 27.8 Å². The van der Waals surface area contributed by atoms with Crippen LogP contribution in [-0.2, 0) is 6.54 Å². The Morgan fingerprint density at radius 3 is 2.95 bits per heavy atom. The van der Waals surface area contributed by atoms with Gasteiger partial charge >= 0.3 is 0 Å². The topological polar surface area (TPSA) is 74.1 Å². The summed E-state index contributed by atoms with van der Waals surface area (Å²) in [5.74, 6) is 2.27. The highest BCUT2D eigenvalue weighted by Gasteiger charge is 2.14. The summed E-state index contributed by atoms with van der Waals surface area (Å²) in [6.45, 7) is 4.85. The van der Waals surface area contributed by atoms with Crippen LogP contribution in [0, 0.1) is 0 Å². The van der Waals surface area contributed by atoms with Crippen LogP contribution in [0.5, 0.6) is 11.5 Å². The molecule has 0 aliphatic carbocycles. The van der Waals surface area contributed by atoms with E-state index in [0.29, 0.717) is 19.8 Å². The summed E-state index contributed by atoms with van der Waals surface area (Å²) in [6.07, 6.45) is 1.07. The minimum Gasteiger partial charge on any atom is -0.486 e. The van der Waals surface area contributed by atoms with Crippen molar-refractivity contribution in [3.05, 3.63) is 24.0 Å². The van der Waals surface area contributed by atoms with E-state index in [9.17, 15) is 0 Å². The zero-order chi connectivity index (χ0) is 13.8. The zero-order valence-corrected chi connectivity index (χ0v) is 11.4. The monoisotopic (exact) mass is 275 g/mol. The van der Waals surface area contributed by atoms with Crippen molar-refractivity contribution in [2.24, 2.45) is 0 Å². The van der Waals surface area contributed by atoms with Crippen molar-refractivity contribution in [1.82, 2.24) is 25.5 Å². The molecule has 106 valence electrons. The summed E-state index contributed by atoms with van der Waals surface area (Å²) in [5, 5.41) is 15.1. The van der Waals surface area contributed by atoms with Gasteiger partial charge in [0.1, 0.15) is 13.2 Å². The highest BCUT2D eigenvalue weighted by atomic mass is 16.6. The summed E-state index contributed by atoms with van der Waals surface area (Å²) >= 11 is 0. The van der Waals surface area contributed by atoms with Gasteiger partial charge in [-0.15, -0.1) is 5.10 Å². The lowest BCUT2D eigenvalue weighted by molar-refractivity contribution is 0.171. The maximum atomic E-state index is 5.58. The fraction of sp³-hybridized carbons (Fsp3) is 0.462. The number of benzene rings is 1. The van der Waals surface area contributed by atoms with E-state index < -0.39 is 0 Å². The van der Waals surface area contributed by atoms with Gasteiger partial charge in [-0.1, -0.05) is 6.92 Å². The van der Waals surface area contributed by atoms with E-state index in [0.717, 1.165) is 36.0 Å². The Morgan fingerprint density at radius 1 is 1.25 bits per heavy atom. The van der Waals surface area contributed by atoms with Crippen molar-refractivity contribution >= 4 is 0 Å². The molecule has 1 aliphatic heterocycles. The van der Waals surface area contributed by atoms with Gasteiger partial charge in [-0.25, -0.2) is 0 Å². The van der Waals surface area contributed by atoms with Crippen molar-refractivity contribution in [3.63, 3.8) is 0 Å². The number of rotatable bonds is 5. The third-order valence-electron chi connectivity index (χ3n) is 3.01. The molecular formula is C13H17N5O2. The molecule has 0 fully saturated rings. The Bertz CT molecular complexity index is 584. The maximum absolute atomic E-state index is 5.58. The lowest BCUT2D eigenvalue weighted by Gasteiger charge is -2.18. The molecule has 1 aromatic carbocycles. The molecule has 7 nitrogen and oxygen atoms in total. The molecule has 0 saturated heterocycles. The molecule has 0 amide bonds. The van der Waals surface area contributed by atoms with Gasteiger partial charge in [-0.2, -0.15) is 4.68 Å². The summed E-state index contributed by atoms with van der Waals surface area (Å²) in [7, 11) is 0. The fourth-order valence-corrected chi connectivity index (χ4v) is 2.06. The van der Waals surface area contributed by atoms with Gasteiger partial charge < -0.3 is 14.8 Å². The van der Waals surface area contributed by atoms with Gasteiger partial charge in [-0.05, 0) is 35.5 Å². The molecule has 0 radical (unpaired) electrons. The normalized spacial score (nSPS) is 13.4. The number of aromatic nitrogens is 4. The average molecular weight is 275 g/mol. The highest BCUT2D eigenvalue weighted by molar-refractivity contribution is 5.49. The fourth-order valence-electron chi connectivity index (χ4n) is 2.06. The van der Waals surface area contributed by atoms with Crippen LogP contribution in [0.3, 0.4) is 0 Å². The lowest BCUT2D eigenvalue weighted by Crippen LogP contribution is -2.18. The number of hydrogen-bond donors (Lipinski definition) is 1. The zero-order valence-electron chi connectivity index (χ0n) is 11.4. The van der Waals surface area contributed by atoms with E-state index in [1.807, 2.05) is 18.2 Å².